The Kier molecular flexibility index (Phi) is 4.20. The molecule has 0 bridgehead atoms. The van der Waals surface area contributed by atoms with E-state index in [4.69, 9.17) is 4.74 Å². The van der Waals surface area contributed by atoms with Crippen LogP contribution in [0.3, 0.4) is 0 Å². The van der Waals surface area contributed by atoms with Gasteiger partial charge in [0.15, 0.2) is 5.82 Å². The van der Waals surface area contributed by atoms with Crippen LogP contribution in [0.25, 0.3) is 5.69 Å². The van der Waals surface area contributed by atoms with Crippen LogP contribution < -0.4 is 10.2 Å². The number of ether oxygens (including phenoxy) is 1. The van der Waals surface area contributed by atoms with Gasteiger partial charge >= 0.3 is 6.09 Å². The lowest BCUT2D eigenvalue weighted by atomic mass is 10.2. The largest absolute Gasteiger partial charge is 0.442 e. The first-order valence-corrected chi connectivity index (χ1v) is 7.49. The molecule has 1 N–H and O–H groups in total. The van der Waals surface area contributed by atoms with Gasteiger partial charge < -0.3 is 10.1 Å². The lowest BCUT2D eigenvalue weighted by molar-refractivity contribution is -0.119. The second kappa shape index (κ2) is 6.31. The van der Waals surface area contributed by atoms with Crippen LogP contribution >= 0.6 is 0 Å². The van der Waals surface area contributed by atoms with E-state index in [2.05, 4.69) is 10.4 Å². The molecule has 0 unspecified atom stereocenters. The van der Waals surface area contributed by atoms with E-state index < -0.39 is 18.0 Å². The molecule has 3 rings (SSSR count). The fraction of sp³-hybridized carbons (Fsp3) is 0.312. The van der Waals surface area contributed by atoms with E-state index in [0.717, 1.165) is 5.69 Å². The van der Waals surface area contributed by atoms with E-state index in [1.807, 2.05) is 6.92 Å². The van der Waals surface area contributed by atoms with Gasteiger partial charge in [-0.15, -0.1) is 0 Å². The number of nitrogens with one attached hydrogen (secondary N) is 1. The Balaban J connectivity index is 1.78. The molecule has 2 aromatic rings. The second-order valence-corrected chi connectivity index (χ2v) is 5.57. The highest BCUT2D eigenvalue weighted by molar-refractivity contribution is 5.90. The highest BCUT2D eigenvalue weighted by atomic mass is 19.1. The van der Waals surface area contributed by atoms with E-state index in [1.54, 1.807) is 24.4 Å². The SMILES string of the molecule is CC(=O)NC[C@H]1CN(c2ccc(-n3nccc3C)c(F)c2)C(=O)O1. The van der Waals surface area contributed by atoms with Crippen molar-refractivity contribution in [2.75, 3.05) is 18.0 Å². The second-order valence-electron chi connectivity index (χ2n) is 5.57. The number of nitrogens with zero attached hydrogens (tertiary/aromatic N) is 3. The Hall–Kier alpha value is -2.90. The third kappa shape index (κ3) is 3.08. The summed E-state index contributed by atoms with van der Waals surface area (Å²) in [7, 11) is 0. The first-order valence-electron chi connectivity index (χ1n) is 7.49. The molecule has 2 heterocycles. The highest BCUT2D eigenvalue weighted by Crippen LogP contribution is 2.25. The van der Waals surface area contributed by atoms with Crippen molar-refractivity contribution in [1.82, 2.24) is 15.1 Å². The summed E-state index contributed by atoms with van der Waals surface area (Å²) in [5.41, 5.74) is 1.51. The van der Waals surface area contributed by atoms with Crippen molar-refractivity contribution in [3.63, 3.8) is 0 Å². The van der Waals surface area contributed by atoms with E-state index >= 15 is 0 Å². The summed E-state index contributed by atoms with van der Waals surface area (Å²) in [6, 6.07) is 6.26. The van der Waals surface area contributed by atoms with Crippen LogP contribution in [0, 0.1) is 12.7 Å². The lowest BCUT2D eigenvalue weighted by Gasteiger charge is -2.15. The number of amides is 2. The van der Waals surface area contributed by atoms with E-state index in [9.17, 15) is 14.0 Å². The summed E-state index contributed by atoms with van der Waals surface area (Å²) in [6.45, 7) is 3.69. The summed E-state index contributed by atoms with van der Waals surface area (Å²) in [6.07, 6.45) is 0.568. The molecule has 8 heteroatoms. The molecule has 24 heavy (non-hydrogen) atoms. The maximum atomic E-state index is 14.4. The van der Waals surface area contributed by atoms with Crippen molar-refractivity contribution in [3.8, 4) is 5.69 Å². The molecule has 1 aliphatic heterocycles. The number of benzene rings is 1. The van der Waals surface area contributed by atoms with Crippen LogP contribution in [0.15, 0.2) is 30.5 Å². The quantitative estimate of drug-likeness (QED) is 0.926. The van der Waals surface area contributed by atoms with Crippen LogP contribution in [0.4, 0.5) is 14.9 Å². The fourth-order valence-corrected chi connectivity index (χ4v) is 2.55. The average Bonchev–Trinajstić information content (AvgIpc) is 3.11. The van der Waals surface area contributed by atoms with Crippen LogP contribution in [0.1, 0.15) is 12.6 Å². The number of aromatic nitrogens is 2. The predicted molar refractivity (Wildman–Crippen MR) is 84.6 cm³/mol. The third-order valence-electron chi connectivity index (χ3n) is 3.76. The molecule has 7 nitrogen and oxygen atoms in total. The maximum absolute atomic E-state index is 14.4. The zero-order chi connectivity index (χ0) is 17.3. The first kappa shape index (κ1) is 16.0. The van der Waals surface area contributed by atoms with Gasteiger partial charge in [0.1, 0.15) is 11.8 Å². The molecule has 0 aliphatic carbocycles. The van der Waals surface area contributed by atoms with Gasteiger partial charge in [0.2, 0.25) is 5.91 Å². The number of carbonyl (C=O) groups excluding carboxylic acids is 2. The molecule has 2 amide bonds. The molecule has 1 aromatic carbocycles. The molecular formula is C16H17FN4O3. The van der Waals surface area contributed by atoms with Gasteiger partial charge in [-0.25, -0.2) is 13.9 Å². The first-order chi connectivity index (χ1) is 11.5. The molecule has 0 spiro atoms. The number of hydrogen-bond acceptors (Lipinski definition) is 4. The summed E-state index contributed by atoms with van der Waals surface area (Å²) in [5, 5.41) is 6.67. The Morgan fingerprint density at radius 3 is 2.88 bits per heavy atom. The summed E-state index contributed by atoms with van der Waals surface area (Å²) in [4.78, 5) is 24.2. The minimum Gasteiger partial charge on any atom is -0.442 e. The number of halogens is 1. The van der Waals surface area contributed by atoms with Gasteiger partial charge in [-0.05, 0) is 31.2 Å². The Bertz CT molecular complexity index is 789. The zero-order valence-corrected chi connectivity index (χ0v) is 13.3. The predicted octanol–water partition coefficient (Wildman–Crippen LogP) is 1.78. The van der Waals surface area contributed by atoms with Gasteiger partial charge in [-0.2, -0.15) is 5.10 Å². The van der Waals surface area contributed by atoms with E-state index in [-0.39, 0.29) is 19.0 Å². The van der Waals surface area contributed by atoms with Gasteiger partial charge in [0, 0.05) is 18.8 Å². The molecule has 1 saturated heterocycles. The highest BCUT2D eigenvalue weighted by Gasteiger charge is 2.32. The summed E-state index contributed by atoms with van der Waals surface area (Å²) >= 11 is 0. The number of anilines is 1. The molecule has 1 fully saturated rings. The third-order valence-corrected chi connectivity index (χ3v) is 3.76. The fourth-order valence-electron chi connectivity index (χ4n) is 2.55. The van der Waals surface area contributed by atoms with Gasteiger partial charge in [0.25, 0.3) is 0 Å². The number of aryl methyl sites for hydroxylation is 1. The standard InChI is InChI=1S/C16H17FN4O3/c1-10-5-6-19-21(10)15-4-3-12(7-14(15)17)20-9-13(24-16(20)23)8-18-11(2)22/h3-7,13H,8-9H2,1-2H3,(H,18,22)/t13-/m0/s1. The molecule has 1 aromatic heterocycles. The number of carbonyl (C=O) groups is 2. The van der Waals surface area contributed by atoms with Crippen molar-refractivity contribution in [1.29, 1.82) is 0 Å². The van der Waals surface area contributed by atoms with Crippen LogP contribution in [-0.2, 0) is 9.53 Å². The topological polar surface area (TPSA) is 76.5 Å². The number of rotatable bonds is 4. The minimum atomic E-state index is -0.562. The Labute approximate surface area is 138 Å². The lowest BCUT2D eigenvalue weighted by Crippen LogP contribution is -2.33. The van der Waals surface area contributed by atoms with Crippen LogP contribution in [0.5, 0.6) is 0 Å². The Morgan fingerprint density at radius 1 is 1.46 bits per heavy atom. The van der Waals surface area contributed by atoms with E-state index in [0.29, 0.717) is 11.4 Å². The number of cyclic esters (lactones) is 1. The van der Waals surface area contributed by atoms with Crippen molar-refractivity contribution in [2.45, 2.75) is 20.0 Å². The number of hydrogen-bond donors (Lipinski definition) is 1. The van der Waals surface area contributed by atoms with Crippen molar-refractivity contribution >= 4 is 17.7 Å². The van der Waals surface area contributed by atoms with Crippen molar-refractivity contribution in [2.24, 2.45) is 0 Å². The normalized spacial score (nSPS) is 17.0. The summed E-state index contributed by atoms with van der Waals surface area (Å²) in [5.74, 6) is -0.688. The zero-order valence-electron chi connectivity index (χ0n) is 13.3. The molecule has 0 radical (unpaired) electrons. The van der Waals surface area contributed by atoms with Gasteiger partial charge in [-0.1, -0.05) is 0 Å². The van der Waals surface area contributed by atoms with Gasteiger partial charge in [-0.3, -0.25) is 9.69 Å². The minimum absolute atomic E-state index is 0.200. The Morgan fingerprint density at radius 2 is 2.25 bits per heavy atom. The van der Waals surface area contributed by atoms with Crippen molar-refractivity contribution < 1.29 is 18.7 Å². The monoisotopic (exact) mass is 332 g/mol. The van der Waals surface area contributed by atoms with Crippen LogP contribution in [0.2, 0.25) is 0 Å². The van der Waals surface area contributed by atoms with E-state index in [1.165, 1.54) is 22.6 Å². The summed E-state index contributed by atoms with van der Waals surface area (Å²) < 4.78 is 21.1. The molecule has 1 aliphatic rings. The van der Waals surface area contributed by atoms with Crippen LogP contribution in [-0.4, -0.2) is 41.0 Å². The average molecular weight is 332 g/mol. The maximum Gasteiger partial charge on any atom is 0.414 e. The molecule has 1 atom stereocenters. The molecule has 0 saturated carbocycles. The smallest absolute Gasteiger partial charge is 0.414 e. The van der Waals surface area contributed by atoms with Crippen molar-refractivity contribution in [3.05, 3.63) is 42.0 Å². The molecular weight excluding hydrogens is 315 g/mol. The molecule has 126 valence electrons. The van der Waals surface area contributed by atoms with Gasteiger partial charge in [0.05, 0.1) is 18.8 Å².